The molecule has 0 unspecified atom stereocenters. The van der Waals surface area contributed by atoms with Gasteiger partial charge in [0.1, 0.15) is 0 Å². The molecule has 0 bridgehead atoms. The van der Waals surface area contributed by atoms with Crippen molar-refractivity contribution in [3.8, 4) is 0 Å². The van der Waals surface area contributed by atoms with E-state index in [0.717, 1.165) is 13.1 Å². The molecule has 1 nitrogen and oxygen atoms in total. The molecule has 0 aliphatic carbocycles. The van der Waals surface area contributed by atoms with Crippen molar-refractivity contribution in [1.82, 2.24) is 5.32 Å². The van der Waals surface area contributed by atoms with Crippen LogP contribution in [0.1, 0.15) is 16.0 Å². The van der Waals surface area contributed by atoms with E-state index in [4.69, 9.17) is 0 Å². The first-order valence-corrected chi connectivity index (χ1v) is 6.01. The largest absolute Gasteiger partial charge is 0.308 e. The fourth-order valence-corrected chi connectivity index (χ4v) is 2.12. The Kier molecular flexibility index (Phi) is 5.53. The van der Waals surface area contributed by atoms with Gasteiger partial charge in [0.25, 0.3) is 0 Å². The average molecular weight is 254 g/mol. The molecule has 0 spiro atoms. The molecule has 0 aliphatic heterocycles. The Morgan fingerprint density at radius 1 is 1.06 bits per heavy atom. The van der Waals surface area contributed by atoms with E-state index < -0.39 is 0 Å². The lowest BCUT2D eigenvalue weighted by Crippen LogP contribution is -2.11. The molecule has 2 rings (SSSR count). The molecule has 0 fully saturated rings. The highest BCUT2D eigenvalue weighted by Gasteiger charge is 1.94. The van der Waals surface area contributed by atoms with Gasteiger partial charge in [0, 0.05) is 18.0 Å². The molecular weight excluding hydrogens is 238 g/mol. The molecular formula is C13H16ClNS. The lowest BCUT2D eigenvalue weighted by molar-refractivity contribution is 0.701. The summed E-state index contributed by atoms with van der Waals surface area (Å²) in [4.78, 5) is 1.39. The van der Waals surface area contributed by atoms with Crippen LogP contribution in [0.5, 0.6) is 0 Å². The molecule has 0 saturated carbocycles. The Balaban J connectivity index is 0.00000128. The first-order chi connectivity index (χ1) is 7.34. The Bertz CT molecular complexity index is 394. The summed E-state index contributed by atoms with van der Waals surface area (Å²) in [5.41, 5.74) is 2.66. The predicted octanol–water partition coefficient (Wildman–Crippen LogP) is 3.77. The zero-order valence-corrected chi connectivity index (χ0v) is 10.9. The Morgan fingerprint density at radius 3 is 2.44 bits per heavy atom. The lowest BCUT2D eigenvalue weighted by atomic mass is 10.1. The number of aryl methyl sites for hydroxylation is 1. The predicted molar refractivity (Wildman–Crippen MR) is 73.3 cm³/mol. The van der Waals surface area contributed by atoms with Crippen molar-refractivity contribution < 1.29 is 0 Å². The minimum Gasteiger partial charge on any atom is -0.308 e. The number of benzene rings is 1. The summed E-state index contributed by atoms with van der Waals surface area (Å²) in [7, 11) is 0. The van der Waals surface area contributed by atoms with Gasteiger partial charge in [0.05, 0.1) is 0 Å². The van der Waals surface area contributed by atoms with Crippen molar-refractivity contribution in [2.45, 2.75) is 20.0 Å². The van der Waals surface area contributed by atoms with Crippen LogP contribution in [0.15, 0.2) is 41.8 Å². The maximum Gasteiger partial charge on any atom is 0.0302 e. The third kappa shape index (κ3) is 3.97. The van der Waals surface area contributed by atoms with E-state index in [0.29, 0.717) is 0 Å². The molecule has 1 N–H and O–H groups in total. The van der Waals surface area contributed by atoms with Gasteiger partial charge in [0.15, 0.2) is 0 Å². The van der Waals surface area contributed by atoms with Crippen LogP contribution in [0, 0.1) is 6.92 Å². The summed E-state index contributed by atoms with van der Waals surface area (Å²) in [6.45, 7) is 4.02. The van der Waals surface area contributed by atoms with Crippen LogP contribution in [0.25, 0.3) is 0 Å². The van der Waals surface area contributed by atoms with Crippen LogP contribution < -0.4 is 5.32 Å². The van der Waals surface area contributed by atoms with E-state index >= 15 is 0 Å². The van der Waals surface area contributed by atoms with Gasteiger partial charge in [-0.15, -0.1) is 23.7 Å². The van der Waals surface area contributed by atoms with Gasteiger partial charge >= 0.3 is 0 Å². The molecule has 1 aromatic heterocycles. The molecule has 0 aliphatic rings. The summed E-state index contributed by atoms with van der Waals surface area (Å²) in [5.74, 6) is 0. The second-order valence-corrected chi connectivity index (χ2v) is 4.70. The van der Waals surface area contributed by atoms with E-state index in [2.05, 4.69) is 54.0 Å². The van der Waals surface area contributed by atoms with Crippen molar-refractivity contribution >= 4 is 23.7 Å². The Hall–Kier alpha value is -0.830. The van der Waals surface area contributed by atoms with Gasteiger partial charge in [-0.2, -0.15) is 0 Å². The van der Waals surface area contributed by atoms with Crippen molar-refractivity contribution in [2.24, 2.45) is 0 Å². The van der Waals surface area contributed by atoms with Crippen LogP contribution >= 0.6 is 23.7 Å². The summed E-state index contributed by atoms with van der Waals surface area (Å²) in [6, 6.07) is 12.9. The van der Waals surface area contributed by atoms with Crippen molar-refractivity contribution in [1.29, 1.82) is 0 Å². The normalized spacial score (nSPS) is 9.81. The molecule has 2 aromatic rings. The van der Waals surface area contributed by atoms with Crippen LogP contribution in [0.3, 0.4) is 0 Å². The topological polar surface area (TPSA) is 12.0 Å². The van der Waals surface area contributed by atoms with Crippen LogP contribution in [-0.2, 0) is 13.1 Å². The second kappa shape index (κ2) is 6.69. The van der Waals surface area contributed by atoms with Crippen LogP contribution in [-0.4, -0.2) is 0 Å². The highest BCUT2D eigenvalue weighted by atomic mass is 35.5. The fourth-order valence-electron chi connectivity index (χ4n) is 1.45. The highest BCUT2D eigenvalue weighted by Crippen LogP contribution is 2.08. The zero-order chi connectivity index (χ0) is 10.5. The van der Waals surface area contributed by atoms with Gasteiger partial charge in [-0.25, -0.2) is 0 Å². The number of rotatable bonds is 4. The maximum absolute atomic E-state index is 3.43. The number of nitrogens with one attached hydrogen (secondary N) is 1. The summed E-state index contributed by atoms with van der Waals surface area (Å²) < 4.78 is 0. The summed E-state index contributed by atoms with van der Waals surface area (Å²) >= 11 is 1.80. The average Bonchev–Trinajstić information content (AvgIpc) is 2.74. The molecule has 1 heterocycles. The van der Waals surface area contributed by atoms with Gasteiger partial charge in [-0.3, -0.25) is 0 Å². The van der Waals surface area contributed by atoms with Gasteiger partial charge in [-0.05, 0) is 23.9 Å². The van der Waals surface area contributed by atoms with Crippen molar-refractivity contribution in [3.05, 3.63) is 57.8 Å². The SMILES string of the molecule is Cc1ccc(CNCc2cccs2)cc1.Cl. The molecule has 16 heavy (non-hydrogen) atoms. The maximum atomic E-state index is 3.43. The molecule has 0 saturated heterocycles. The number of thiophene rings is 1. The van der Waals surface area contributed by atoms with Crippen LogP contribution in [0.2, 0.25) is 0 Å². The van der Waals surface area contributed by atoms with Gasteiger partial charge in [0.2, 0.25) is 0 Å². The van der Waals surface area contributed by atoms with E-state index in [1.165, 1.54) is 16.0 Å². The molecule has 3 heteroatoms. The second-order valence-electron chi connectivity index (χ2n) is 3.67. The fraction of sp³-hybridized carbons (Fsp3) is 0.231. The third-order valence-corrected chi connectivity index (χ3v) is 3.21. The standard InChI is InChI=1S/C13H15NS.ClH/c1-11-4-6-12(7-5-11)9-14-10-13-3-2-8-15-13;/h2-8,14H,9-10H2,1H3;1H. The minimum absolute atomic E-state index is 0. The van der Waals surface area contributed by atoms with Gasteiger partial charge < -0.3 is 5.32 Å². The monoisotopic (exact) mass is 253 g/mol. The quantitative estimate of drug-likeness (QED) is 0.875. The Labute approximate surface area is 107 Å². The summed E-state index contributed by atoms with van der Waals surface area (Å²) in [6.07, 6.45) is 0. The van der Waals surface area contributed by atoms with E-state index in [1.54, 1.807) is 11.3 Å². The highest BCUT2D eigenvalue weighted by molar-refractivity contribution is 7.09. The molecule has 0 amide bonds. The Morgan fingerprint density at radius 2 is 1.81 bits per heavy atom. The minimum atomic E-state index is 0. The smallest absolute Gasteiger partial charge is 0.0302 e. The first-order valence-electron chi connectivity index (χ1n) is 5.13. The molecule has 1 aromatic carbocycles. The summed E-state index contributed by atoms with van der Waals surface area (Å²) in [5, 5.41) is 5.55. The number of halogens is 1. The zero-order valence-electron chi connectivity index (χ0n) is 9.27. The third-order valence-electron chi connectivity index (χ3n) is 2.33. The van der Waals surface area contributed by atoms with Crippen LogP contribution in [0.4, 0.5) is 0 Å². The van der Waals surface area contributed by atoms with Crippen molar-refractivity contribution in [2.75, 3.05) is 0 Å². The number of hydrogen-bond donors (Lipinski definition) is 1. The first kappa shape index (κ1) is 13.2. The van der Waals surface area contributed by atoms with E-state index in [9.17, 15) is 0 Å². The van der Waals surface area contributed by atoms with E-state index in [-0.39, 0.29) is 12.4 Å². The number of hydrogen-bond acceptors (Lipinski definition) is 2. The molecule has 86 valence electrons. The molecule has 0 atom stereocenters. The van der Waals surface area contributed by atoms with Crippen molar-refractivity contribution in [3.63, 3.8) is 0 Å². The molecule has 0 radical (unpaired) electrons. The van der Waals surface area contributed by atoms with Gasteiger partial charge in [-0.1, -0.05) is 35.9 Å². The van der Waals surface area contributed by atoms with E-state index in [1.807, 2.05) is 0 Å². The lowest BCUT2D eigenvalue weighted by Gasteiger charge is -2.03.